The summed E-state index contributed by atoms with van der Waals surface area (Å²) in [5, 5.41) is 0.693. The molecule has 0 aliphatic heterocycles. The SMILES string of the molecule is O=C(Oc1cccc2ncc(-c3cccc(F)c3)cc12)c1ccccc1. The van der Waals surface area contributed by atoms with Crippen LogP contribution in [0.3, 0.4) is 0 Å². The summed E-state index contributed by atoms with van der Waals surface area (Å²) in [5.74, 6) is -0.331. The Morgan fingerprint density at radius 1 is 0.846 bits per heavy atom. The van der Waals surface area contributed by atoms with E-state index in [0.717, 1.165) is 5.56 Å². The Balaban J connectivity index is 1.75. The van der Waals surface area contributed by atoms with Crippen molar-refractivity contribution in [1.82, 2.24) is 4.98 Å². The zero-order valence-corrected chi connectivity index (χ0v) is 13.7. The fourth-order valence-corrected chi connectivity index (χ4v) is 2.77. The summed E-state index contributed by atoms with van der Waals surface area (Å²) >= 11 is 0. The summed E-state index contributed by atoms with van der Waals surface area (Å²) < 4.78 is 19.1. The number of fused-ring (bicyclic) bond motifs is 1. The number of benzene rings is 3. The zero-order valence-electron chi connectivity index (χ0n) is 13.7. The van der Waals surface area contributed by atoms with Crippen molar-refractivity contribution in [2.24, 2.45) is 0 Å². The van der Waals surface area contributed by atoms with E-state index in [4.69, 9.17) is 4.74 Å². The van der Waals surface area contributed by atoms with Gasteiger partial charge in [-0.25, -0.2) is 9.18 Å². The first-order chi connectivity index (χ1) is 12.7. The molecule has 0 aliphatic rings. The number of nitrogens with zero attached hydrogens (tertiary/aromatic N) is 1. The summed E-state index contributed by atoms with van der Waals surface area (Å²) in [6.07, 6.45) is 1.68. The Morgan fingerprint density at radius 2 is 1.65 bits per heavy atom. The highest BCUT2D eigenvalue weighted by Crippen LogP contribution is 2.29. The molecule has 0 saturated heterocycles. The van der Waals surface area contributed by atoms with Crippen molar-refractivity contribution in [3.8, 4) is 16.9 Å². The van der Waals surface area contributed by atoms with Gasteiger partial charge in [-0.15, -0.1) is 0 Å². The van der Waals surface area contributed by atoms with Crippen LogP contribution in [0.25, 0.3) is 22.0 Å². The Bertz CT molecular complexity index is 1090. The highest BCUT2D eigenvalue weighted by atomic mass is 19.1. The number of ether oxygens (including phenoxy) is 1. The lowest BCUT2D eigenvalue weighted by Gasteiger charge is -2.09. The molecule has 26 heavy (non-hydrogen) atoms. The average molecular weight is 343 g/mol. The van der Waals surface area contributed by atoms with Crippen molar-refractivity contribution in [3.63, 3.8) is 0 Å². The number of pyridine rings is 1. The van der Waals surface area contributed by atoms with Gasteiger partial charge in [0.05, 0.1) is 11.1 Å². The first-order valence-corrected chi connectivity index (χ1v) is 8.13. The third-order valence-corrected chi connectivity index (χ3v) is 4.06. The van der Waals surface area contributed by atoms with Crippen LogP contribution in [0, 0.1) is 5.82 Å². The minimum atomic E-state index is -0.436. The van der Waals surface area contributed by atoms with Crippen LogP contribution < -0.4 is 4.74 Å². The maximum absolute atomic E-state index is 13.5. The standard InChI is InChI=1S/C22H14FNO2/c23-18-9-4-8-16(12-18)17-13-19-20(24-14-17)10-5-11-21(19)26-22(25)15-6-2-1-3-7-15/h1-14H. The van der Waals surface area contributed by atoms with Gasteiger partial charge in [0.2, 0.25) is 0 Å². The molecule has 0 saturated carbocycles. The lowest BCUT2D eigenvalue weighted by atomic mass is 10.0. The van der Waals surface area contributed by atoms with Gasteiger partial charge in [-0.3, -0.25) is 4.98 Å². The molecule has 0 atom stereocenters. The third kappa shape index (κ3) is 3.17. The van der Waals surface area contributed by atoms with Crippen LogP contribution in [0.5, 0.6) is 5.75 Å². The van der Waals surface area contributed by atoms with Gasteiger partial charge >= 0.3 is 5.97 Å². The predicted molar refractivity (Wildman–Crippen MR) is 98.5 cm³/mol. The number of carbonyl (C=O) groups is 1. The van der Waals surface area contributed by atoms with E-state index >= 15 is 0 Å². The van der Waals surface area contributed by atoms with E-state index in [1.807, 2.05) is 24.3 Å². The molecular weight excluding hydrogens is 329 g/mol. The van der Waals surface area contributed by atoms with E-state index < -0.39 is 5.97 Å². The quantitative estimate of drug-likeness (QED) is 0.376. The topological polar surface area (TPSA) is 39.2 Å². The van der Waals surface area contributed by atoms with Gasteiger partial charge in [-0.2, -0.15) is 0 Å². The maximum Gasteiger partial charge on any atom is 0.343 e. The minimum absolute atomic E-state index is 0.314. The van der Waals surface area contributed by atoms with E-state index in [2.05, 4.69) is 4.98 Å². The molecule has 0 fully saturated rings. The van der Waals surface area contributed by atoms with Crippen molar-refractivity contribution >= 4 is 16.9 Å². The molecule has 0 aliphatic carbocycles. The Morgan fingerprint density at radius 3 is 2.46 bits per heavy atom. The van der Waals surface area contributed by atoms with Crippen LogP contribution in [-0.2, 0) is 0 Å². The molecule has 4 aromatic rings. The monoisotopic (exact) mass is 343 g/mol. The van der Waals surface area contributed by atoms with Gasteiger partial charge in [-0.05, 0) is 48.0 Å². The molecule has 1 aromatic heterocycles. The van der Waals surface area contributed by atoms with Crippen LogP contribution in [0.4, 0.5) is 4.39 Å². The number of hydrogen-bond acceptors (Lipinski definition) is 3. The normalized spacial score (nSPS) is 10.7. The minimum Gasteiger partial charge on any atom is -0.422 e. The molecule has 0 spiro atoms. The predicted octanol–water partition coefficient (Wildman–Crippen LogP) is 5.26. The molecule has 126 valence electrons. The van der Waals surface area contributed by atoms with Crippen LogP contribution >= 0.6 is 0 Å². The molecule has 0 radical (unpaired) electrons. The average Bonchev–Trinajstić information content (AvgIpc) is 2.68. The molecule has 4 heteroatoms. The summed E-state index contributed by atoms with van der Waals surface area (Å²) in [6.45, 7) is 0. The second-order valence-corrected chi connectivity index (χ2v) is 5.81. The molecule has 3 nitrogen and oxygen atoms in total. The largest absolute Gasteiger partial charge is 0.422 e. The van der Waals surface area contributed by atoms with Crippen LogP contribution in [0.1, 0.15) is 10.4 Å². The molecule has 0 unspecified atom stereocenters. The highest BCUT2D eigenvalue weighted by molar-refractivity contribution is 5.95. The molecule has 4 rings (SSSR count). The van der Waals surface area contributed by atoms with Gasteiger partial charge in [-0.1, -0.05) is 36.4 Å². The maximum atomic E-state index is 13.5. The zero-order chi connectivity index (χ0) is 17.9. The Kier molecular flexibility index (Phi) is 4.15. The number of hydrogen-bond donors (Lipinski definition) is 0. The molecule has 0 amide bonds. The first-order valence-electron chi connectivity index (χ1n) is 8.13. The van der Waals surface area contributed by atoms with Gasteiger partial charge in [0.1, 0.15) is 11.6 Å². The molecular formula is C22H14FNO2. The first kappa shape index (κ1) is 16.0. The van der Waals surface area contributed by atoms with Crippen molar-refractivity contribution in [2.45, 2.75) is 0 Å². The van der Waals surface area contributed by atoms with Crippen LogP contribution in [-0.4, -0.2) is 11.0 Å². The van der Waals surface area contributed by atoms with E-state index in [-0.39, 0.29) is 5.82 Å². The highest BCUT2D eigenvalue weighted by Gasteiger charge is 2.12. The Labute approximate surface area is 149 Å². The van der Waals surface area contributed by atoms with Crippen molar-refractivity contribution in [3.05, 3.63) is 96.4 Å². The number of rotatable bonds is 3. The van der Waals surface area contributed by atoms with Gasteiger partial charge in [0.15, 0.2) is 0 Å². The molecule has 0 bridgehead atoms. The van der Waals surface area contributed by atoms with Crippen LogP contribution in [0.2, 0.25) is 0 Å². The summed E-state index contributed by atoms with van der Waals surface area (Å²) in [6, 6.07) is 22.3. The van der Waals surface area contributed by atoms with Crippen LogP contribution in [0.15, 0.2) is 85.1 Å². The number of esters is 1. The molecule has 3 aromatic carbocycles. The van der Waals surface area contributed by atoms with Gasteiger partial charge < -0.3 is 4.74 Å². The van der Waals surface area contributed by atoms with Crippen molar-refractivity contribution in [2.75, 3.05) is 0 Å². The summed E-state index contributed by atoms with van der Waals surface area (Å²) in [4.78, 5) is 16.8. The van der Waals surface area contributed by atoms with Crippen molar-refractivity contribution in [1.29, 1.82) is 0 Å². The van der Waals surface area contributed by atoms with E-state index in [1.54, 1.807) is 48.7 Å². The van der Waals surface area contributed by atoms with E-state index in [0.29, 0.717) is 27.8 Å². The smallest absolute Gasteiger partial charge is 0.343 e. The Hall–Kier alpha value is -3.53. The lowest BCUT2D eigenvalue weighted by molar-refractivity contribution is 0.0737. The summed E-state index contributed by atoms with van der Waals surface area (Å²) in [5.41, 5.74) is 2.63. The van der Waals surface area contributed by atoms with Gasteiger partial charge in [0.25, 0.3) is 0 Å². The van der Waals surface area contributed by atoms with Gasteiger partial charge in [0, 0.05) is 17.1 Å². The second kappa shape index (κ2) is 6.76. The van der Waals surface area contributed by atoms with Crippen molar-refractivity contribution < 1.29 is 13.9 Å². The second-order valence-electron chi connectivity index (χ2n) is 5.81. The number of aromatic nitrogens is 1. The molecule has 1 heterocycles. The lowest BCUT2D eigenvalue weighted by Crippen LogP contribution is -2.08. The number of carbonyl (C=O) groups excluding carboxylic acids is 1. The number of halogens is 1. The van der Waals surface area contributed by atoms with E-state index in [9.17, 15) is 9.18 Å². The molecule has 0 N–H and O–H groups in total. The van der Waals surface area contributed by atoms with E-state index in [1.165, 1.54) is 12.1 Å². The summed E-state index contributed by atoms with van der Waals surface area (Å²) in [7, 11) is 0. The fourth-order valence-electron chi connectivity index (χ4n) is 2.77. The fraction of sp³-hybridized carbons (Fsp3) is 0. The third-order valence-electron chi connectivity index (χ3n) is 4.06.